The summed E-state index contributed by atoms with van der Waals surface area (Å²) in [6, 6.07) is 0.383. The van der Waals surface area contributed by atoms with Gasteiger partial charge < -0.3 is 19.9 Å². The highest BCUT2D eigenvalue weighted by molar-refractivity contribution is 5.66. The van der Waals surface area contributed by atoms with E-state index in [2.05, 4.69) is 37.9 Å². The molecule has 0 fully saturated rings. The van der Waals surface area contributed by atoms with E-state index in [1.165, 1.54) is 6.42 Å². The molecule has 1 unspecified atom stereocenters. The molecule has 0 saturated heterocycles. The smallest absolute Gasteiger partial charge is 0.481 e. The average molecular weight is 417 g/mol. The highest BCUT2D eigenvalue weighted by Crippen LogP contribution is 2.16. The lowest BCUT2D eigenvalue weighted by molar-refractivity contribution is -0.137. The molecule has 0 aromatic carbocycles. The molecule has 1 atom stereocenters. The maximum Gasteiger partial charge on any atom is 0.508 e. The van der Waals surface area contributed by atoms with Crippen LogP contribution in [0.3, 0.4) is 0 Å². The van der Waals surface area contributed by atoms with Gasteiger partial charge in [0, 0.05) is 32.1 Å². The molecule has 0 bridgehead atoms. The molecule has 2 N–H and O–H groups in total. The Kier molecular flexibility index (Phi) is 17.8. The third kappa shape index (κ3) is 17.2. The fraction of sp³-hybridized carbons (Fsp3) is 0.909. The summed E-state index contributed by atoms with van der Waals surface area (Å²) in [5, 5.41) is 12.1. The number of ether oxygens (including phenoxy) is 2. The zero-order valence-corrected chi connectivity index (χ0v) is 19.1. The van der Waals surface area contributed by atoms with Gasteiger partial charge in [0.05, 0.1) is 0 Å². The van der Waals surface area contributed by atoms with Crippen LogP contribution in [0.5, 0.6) is 0 Å². The molecule has 0 saturated carbocycles. The number of carboxylic acids is 1. The summed E-state index contributed by atoms with van der Waals surface area (Å²) in [6.07, 6.45) is 6.66. The Morgan fingerprint density at radius 2 is 1.69 bits per heavy atom. The largest absolute Gasteiger partial charge is 0.508 e. The molecule has 7 heteroatoms. The van der Waals surface area contributed by atoms with Gasteiger partial charge in [0.2, 0.25) is 0 Å². The second-order valence-corrected chi connectivity index (χ2v) is 7.81. The van der Waals surface area contributed by atoms with Crippen LogP contribution in [0.25, 0.3) is 0 Å². The molecule has 0 radical (unpaired) electrons. The van der Waals surface area contributed by atoms with E-state index in [9.17, 15) is 9.59 Å². The number of hydrogen-bond acceptors (Lipinski definition) is 6. The molecule has 0 heterocycles. The van der Waals surface area contributed by atoms with Crippen molar-refractivity contribution in [2.75, 3.05) is 32.8 Å². The third-order valence-corrected chi connectivity index (χ3v) is 4.96. The third-order valence-electron chi connectivity index (χ3n) is 4.96. The maximum atomic E-state index is 12.1. The van der Waals surface area contributed by atoms with Crippen LogP contribution >= 0.6 is 0 Å². The summed E-state index contributed by atoms with van der Waals surface area (Å²) in [5.41, 5.74) is 0. The van der Waals surface area contributed by atoms with Crippen LogP contribution in [-0.2, 0) is 14.3 Å². The Morgan fingerprint density at radius 3 is 2.28 bits per heavy atom. The number of hydrogen-bond donors (Lipinski definition) is 2. The highest BCUT2D eigenvalue weighted by atomic mass is 16.7. The van der Waals surface area contributed by atoms with Gasteiger partial charge in [-0.2, -0.15) is 0 Å². The van der Waals surface area contributed by atoms with E-state index in [1.807, 2.05) is 0 Å². The van der Waals surface area contributed by atoms with Gasteiger partial charge in [-0.1, -0.05) is 33.1 Å². The van der Waals surface area contributed by atoms with E-state index < -0.39 is 12.1 Å². The minimum atomic E-state index is -0.784. The first-order chi connectivity index (χ1) is 13.9. The molecule has 29 heavy (non-hydrogen) atoms. The predicted octanol–water partition coefficient (Wildman–Crippen LogP) is 4.44. The van der Waals surface area contributed by atoms with Gasteiger partial charge in [-0.15, -0.1) is 0 Å². The second kappa shape index (κ2) is 18.7. The van der Waals surface area contributed by atoms with Crippen LogP contribution in [0.1, 0.15) is 85.5 Å². The molecule has 0 rings (SSSR count). The minimum absolute atomic E-state index is 0.158. The van der Waals surface area contributed by atoms with Crippen LogP contribution in [0, 0.1) is 0 Å². The predicted molar refractivity (Wildman–Crippen MR) is 116 cm³/mol. The van der Waals surface area contributed by atoms with Crippen molar-refractivity contribution in [3.05, 3.63) is 0 Å². The highest BCUT2D eigenvalue weighted by Gasteiger charge is 2.16. The van der Waals surface area contributed by atoms with E-state index in [4.69, 9.17) is 14.6 Å². The summed E-state index contributed by atoms with van der Waals surface area (Å²) in [4.78, 5) is 25.0. The number of carboxylic acid groups (broad SMARTS) is 1. The molecule has 172 valence electrons. The first kappa shape index (κ1) is 27.7. The van der Waals surface area contributed by atoms with Crippen molar-refractivity contribution < 1.29 is 24.2 Å². The van der Waals surface area contributed by atoms with Gasteiger partial charge in [-0.05, 0) is 52.5 Å². The van der Waals surface area contributed by atoms with Crippen LogP contribution in [0.4, 0.5) is 4.79 Å². The van der Waals surface area contributed by atoms with Crippen LogP contribution in [0.15, 0.2) is 0 Å². The Morgan fingerprint density at radius 1 is 1.00 bits per heavy atom. The fourth-order valence-electron chi connectivity index (χ4n) is 3.15. The molecule has 0 spiro atoms. The molecule has 7 nitrogen and oxygen atoms in total. The summed E-state index contributed by atoms with van der Waals surface area (Å²) >= 11 is 0. The lowest BCUT2D eigenvalue weighted by Crippen LogP contribution is -2.39. The molecule has 0 aliphatic carbocycles. The normalized spacial score (nSPS) is 12.3. The number of aliphatic carboxylic acids is 1. The van der Waals surface area contributed by atoms with Crippen molar-refractivity contribution in [3.63, 3.8) is 0 Å². The average Bonchev–Trinajstić information content (AvgIpc) is 2.66. The first-order valence-electron chi connectivity index (χ1n) is 11.4. The molecule has 0 aliphatic rings. The van der Waals surface area contributed by atoms with Crippen molar-refractivity contribution in [1.29, 1.82) is 0 Å². The monoisotopic (exact) mass is 416 g/mol. The maximum absolute atomic E-state index is 12.1. The van der Waals surface area contributed by atoms with E-state index >= 15 is 0 Å². The fourth-order valence-corrected chi connectivity index (χ4v) is 3.15. The number of rotatable bonds is 19. The lowest BCUT2D eigenvalue weighted by atomic mass is 10.0. The number of unbranched alkanes of at least 4 members (excludes halogenated alkanes) is 4. The topological polar surface area (TPSA) is 88.1 Å². The van der Waals surface area contributed by atoms with Crippen LogP contribution in [0.2, 0.25) is 0 Å². The van der Waals surface area contributed by atoms with Gasteiger partial charge in [0.1, 0.15) is 12.7 Å². The summed E-state index contributed by atoms with van der Waals surface area (Å²) in [5.74, 6) is -0.784. The van der Waals surface area contributed by atoms with E-state index in [1.54, 1.807) is 0 Å². The zero-order chi connectivity index (χ0) is 21.9. The van der Waals surface area contributed by atoms with Gasteiger partial charge in [0.25, 0.3) is 0 Å². The Hall–Kier alpha value is -1.34. The molecule has 0 aliphatic heterocycles. The van der Waals surface area contributed by atoms with Crippen molar-refractivity contribution in [2.24, 2.45) is 0 Å². The molecule has 0 aromatic rings. The van der Waals surface area contributed by atoms with Crippen molar-refractivity contribution in [1.82, 2.24) is 10.2 Å². The van der Waals surface area contributed by atoms with Crippen LogP contribution in [-0.4, -0.2) is 67.1 Å². The number of nitrogens with one attached hydrogen (secondary N) is 1. The van der Waals surface area contributed by atoms with Gasteiger partial charge in [-0.25, -0.2) is 4.79 Å². The van der Waals surface area contributed by atoms with E-state index in [-0.39, 0.29) is 12.5 Å². The summed E-state index contributed by atoms with van der Waals surface area (Å²) < 4.78 is 10.9. The molecular weight excluding hydrogens is 372 g/mol. The van der Waals surface area contributed by atoms with Crippen molar-refractivity contribution >= 4 is 12.1 Å². The second-order valence-electron chi connectivity index (χ2n) is 7.81. The Balaban J connectivity index is 4.29. The van der Waals surface area contributed by atoms with E-state index in [0.29, 0.717) is 32.0 Å². The lowest BCUT2D eigenvalue weighted by Gasteiger charge is -2.26. The molecular formula is C22H44N2O5. The minimum Gasteiger partial charge on any atom is -0.481 e. The quantitative estimate of drug-likeness (QED) is 0.238. The molecule has 0 amide bonds. The number of nitrogens with zero attached hydrogens (tertiary/aromatic N) is 1. The van der Waals surface area contributed by atoms with Gasteiger partial charge in [0.15, 0.2) is 0 Å². The molecule has 0 aromatic heterocycles. The van der Waals surface area contributed by atoms with E-state index in [0.717, 1.165) is 51.7 Å². The standard InChI is InChI=1S/C22H44N2O5/c1-5-7-8-9-12-20(13-10-11-14-21(25)26)29-22(27)28-18-17-24(19(3)4)16-15-23-6-2/h19-20,23H,5-18H2,1-4H3,(H,25,26). The SMILES string of the molecule is CCCCCCC(CCCCC(=O)O)OC(=O)OCCN(CCNCC)C(C)C. The van der Waals surface area contributed by atoms with Gasteiger partial charge in [-0.3, -0.25) is 9.69 Å². The van der Waals surface area contributed by atoms with Gasteiger partial charge >= 0.3 is 12.1 Å². The Labute approximate surface area is 177 Å². The van der Waals surface area contributed by atoms with Crippen molar-refractivity contribution in [2.45, 2.75) is 97.6 Å². The summed E-state index contributed by atoms with van der Waals surface area (Å²) in [7, 11) is 0. The first-order valence-corrected chi connectivity index (χ1v) is 11.4. The van der Waals surface area contributed by atoms with Crippen LogP contribution < -0.4 is 5.32 Å². The number of carbonyl (C=O) groups is 2. The number of likely N-dealkylation sites (N-methyl/N-ethyl adjacent to an activating group) is 1. The van der Waals surface area contributed by atoms with Crippen molar-refractivity contribution in [3.8, 4) is 0 Å². The number of carbonyl (C=O) groups excluding carboxylic acids is 1. The Bertz CT molecular complexity index is 418. The zero-order valence-electron chi connectivity index (χ0n) is 19.1. The summed E-state index contributed by atoms with van der Waals surface area (Å²) in [6.45, 7) is 12.3.